The minimum atomic E-state index is 0.466. The van der Waals surface area contributed by atoms with Gasteiger partial charge in [-0.2, -0.15) is 11.8 Å². The zero-order chi connectivity index (χ0) is 11.7. The maximum absolute atomic E-state index is 2.48. The van der Waals surface area contributed by atoms with Gasteiger partial charge < -0.3 is 0 Å². The van der Waals surface area contributed by atoms with Crippen LogP contribution in [0.1, 0.15) is 33.6 Å². The summed E-state index contributed by atoms with van der Waals surface area (Å²) in [7, 11) is 0. The highest BCUT2D eigenvalue weighted by Gasteiger charge is 2.66. The first-order valence-corrected chi connectivity index (χ1v) is 10.3. The predicted molar refractivity (Wildman–Crippen MR) is 85.9 cm³/mol. The minimum Gasteiger partial charge on any atom is -0.163 e. The van der Waals surface area contributed by atoms with Gasteiger partial charge in [-0.3, -0.25) is 0 Å². The lowest BCUT2D eigenvalue weighted by Gasteiger charge is -2.66. The first-order valence-electron chi connectivity index (χ1n) is 5.60. The number of thioether (sulfide) groups is 5. The average Bonchev–Trinajstić information content (AvgIpc) is 1.91. The predicted octanol–water partition coefficient (Wildman–Crippen LogP) is 4.95. The number of hydrogen-bond acceptors (Lipinski definition) is 5. The van der Waals surface area contributed by atoms with E-state index in [-0.39, 0.29) is 0 Å². The molecule has 4 saturated heterocycles. The summed E-state index contributed by atoms with van der Waals surface area (Å²) < 4.78 is 1.89. The van der Waals surface area contributed by atoms with Crippen LogP contribution in [-0.2, 0) is 0 Å². The molecule has 92 valence electrons. The third-order valence-electron chi connectivity index (χ3n) is 3.26. The molecule has 4 fully saturated rings. The Bertz CT molecular complexity index is 275. The van der Waals surface area contributed by atoms with E-state index in [0.717, 1.165) is 0 Å². The highest BCUT2D eigenvalue weighted by molar-refractivity contribution is 8.38. The lowest BCUT2D eigenvalue weighted by Crippen LogP contribution is -2.58. The normalized spacial score (nSPS) is 59.2. The molecule has 0 aromatic rings. The second-order valence-electron chi connectivity index (χ2n) is 5.51. The van der Waals surface area contributed by atoms with Crippen LogP contribution in [-0.4, -0.2) is 28.3 Å². The molecule has 0 aliphatic carbocycles. The molecule has 4 aliphatic heterocycles. The Kier molecular flexibility index (Phi) is 2.91. The van der Waals surface area contributed by atoms with E-state index < -0.39 is 0 Å². The van der Waals surface area contributed by atoms with Crippen molar-refractivity contribution >= 4 is 58.8 Å². The van der Waals surface area contributed by atoms with Crippen molar-refractivity contribution in [2.75, 3.05) is 12.0 Å². The average molecular weight is 311 g/mol. The van der Waals surface area contributed by atoms with Gasteiger partial charge in [-0.05, 0) is 39.9 Å². The summed E-state index contributed by atoms with van der Waals surface area (Å²) >= 11 is 11.0. The largest absolute Gasteiger partial charge is 0.163 e. The SMILES string of the molecule is CSCC12CC3(C)SC(C)(CC(C)(S3)S1)S2. The second kappa shape index (κ2) is 3.65. The van der Waals surface area contributed by atoms with Crippen LogP contribution in [0.15, 0.2) is 0 Å². The molecule has 0 radical (unpaired) electrons. The fourth-order valence-electron chi connectivity index (χ4n) is 3.47. The van der Waals surface area contributed by atoms with Gasteiger partial charge >= 0.3 is 0 Å². The fraction of sp³-hybridized carbons (Fsp3) is 1.00. The first-order chi connectivity index (χ1) is 7.30. The summed E-state index contributed by atoms with van der Waals surface area (Å²) in [5.41, 5.74) is 0. The molecule has 0 amide bonds. The summed E-state index contributed by atoms with van der Waals surface area (Å²) in [5, 5.41) is 0. The van der Waals surface area contributed by atoms with Gasteiger partial charge in [-0.1, -0.05) is 0 Å². The summed E-state index contributed by atoms with van der Waals surface area (Å²) in [4.78, 5) is 0. The molecule has 4 bridgehead atoms. The van der Waals surface area contributed by atoms with E-state index >= 15 is 0 Å². The van der Waals surface area contributed by atoms with Crippen molar-refractivity contribution in [3.63, 3.8) is 0 Å². The van der Waals surface area contributed by atoms with Crippen LogP contribution in [0.25, 0.3) is 0 Å². The second-order valence-corrected chi connectivity index (χ2v) is 15.2. The van der Waals surface area contributed by atoms with E-state index in [9.17, 15) is 0 Å². The molecule has 2 atom stereocenters. The van der Waals surface area contributed by atoms with Gasteiger partial charge in [0, 0.05) is 5.75 Å². The lowest BCUT2D eigenvalue weighted by atomic mass is 10.2. The van der Waals surface area contributed by atoms with E-state index in [0.29, 0.717) is 16.3 Å². The Morgan fingerprint density at radius 1 is 0.875 bits per heavy atom. The number of rotatable bonds is 2. The maximum Gasteiger partial charge on any atom is 0.0749 e. The molecule has 0 nitrogen and oxygen atoms in total. The molecule has 16 heavy (non-hydrogen) atoms. The van der Waals surface area contributed by atoms with Crippen molar-refractivity contribution in [1.82, 2.24) is 0 Å². The van der Waals surface area contributed by atoms with Crippen LogP contribution in [0.5, 0.6) is 0 Å². The van der Waals surface area contributed by atoms with Crippen molar-refractivity contribution in [3.8, 4) is 0 Å². The van der Waals surface area contributed by atoms with E-state index in [1.54, 1.807) is 0 Å². The van der Waals surface area contributed by atoms with Crippen molar-refractivity contribution in [2.45, 2.75) is 49.9 Å². The summed E-state index contributed by atoms with van der Waals surface area (Å²) in [6.07, 6.45) is 4.99. The Balaban J connectivity index is 2.00. The Morgan fingerprint density at radius 2 is 1.38 bits per heavy atom. The van der Waals surface area contributed by atoms with Crippen LogP contribution >= 0.6 is 58.8 Å². The first kappa shape index (κ1) is 12.8. The summed E-state index contributed by atoms with van der Waals surface area (Å²) in [6.45, 7) is 7.44. The Hall–Kier alpha value is 1.75. The van der Waals surface area contributed by atoms with Gasteiger partial charge in [0.1, 0.15) is 0 Å². The van der Waals surface area contributed by atoms with Gasteiger partial charge in [0.05, 0.1) is 16.3 Å². The molecule has 0 aromatic heterocycles. The summed E-state index contributed by atoms with van der Waals surface area (Å²) in [6, 6.07) is 0. The molecule has 4 rings (SSSR count). The highest BCUT2D eigenvalue weighted by atomic mass is 32.3. The third-order valence-corrected chi connectivity index (χ3v) is 11.2. The Morgan fingerprint density at radius 3 is 1.81 bits per heavy atom. The standard InChI is InChI=1S/C11H18S5/c1-8-5-9(2)14-10(3,13-8)6-11(15-8,16-9)7-12-4/h5-7H2,1-4H3. The smallest absolute Gasteiger partial charge is 0.0749 e. The minimum absolute atomic E-state index is 0.466. The van der Waals surface area contributed by atoms with E-state index in [2.05, 4.69) is 74.1 Å². The quantitative estimate of drug-likeness (QED) is 0.705. The van der Waals surface area contributed by atoms with E-state index in [1.165, 1.54) is 18.6 Å². The van der Waals surface area contributed by atoms with Gasteiger partial charge in [-0.25, -0.2) is 0 Å². The van der Waals surface area contributed by atoms with Crippen LogP contribution in [0.3, 0.4) is 0 Å². The van der Waals surface area contributed by atoms with Gasteiger partial charge in [0.2, 0.25) is 0 Å². The van der Waals surface area contributed by atoms with Crippen LogP contribution in [0, 0.1) is 0 Å². The van der Waals surface area contributed by atoms with Gasteiger partial charge in [0.25, 0.3) is 0 Å². The third kappa shape index (κ3) is 1.97. The van der Waals surface area contributed by atoms with E-state index in [4.69, 9.17) is 0 Å². The zero-order valence-corrected chi connectivity index (χ0v) is 14.2. The van der Waals surface area contributed by atoms with E-state index in [1.807, 2.05) is 11.8 Å². The molecule has 0 spiro atoms. The van der Waals surface area contributed by atoms with Crippen LogP contribution < -0.4 is 0 Å². The fourth-order valence-corrected chi connectivity index (χ4v) is 17.7. The maximum atomic E-state index is 2.48. The Labute approximate surface area is 120 Å². The zero-order valence-electron chi connectivity index (χ0n) is 10.2. The van der Waals surface area contributed by atoms with Crippen molar-refractivity contribution < 1.29 is 0 Å². The molecule has 0 aromatic carbocycles. The summed E-state index contributed by atoms with van der Waals surface area (Å²) in [5.74, 6) is 1.31. The topological polar surface area (TPSA) is 0 Å². The highest BCUT2D eigenvalue weighted by Crippen LogP contribution is 2.81. The van der Waals surface area contributed by atoms with Gasteiger partial charge in [-0.15, -0.1) is 47.0 Å². The van der Waals surface area contributed by atoms with Crippen molar-refractivity contribution in [2.24, 2.45) is 0 Å². The van der Waals surface area contributed by atoms with Crippen LogP contribution in [0.4, 0.5) is 0 Å². The molecular weight excluding hydrogens is 292 g/mol. The molecule has 4 heterocycles. The number of hydrogen-bond donors (Lipinski definition) is 0. The van der Waals surface area contributed by atoms with Crippen LogP contribution in [0.2, 0.25) is 0 Å². The molecule has 0 N–H and O–H groups in total. The van der Waals surface area contributed by atoms with Crippen molar-refractivity contribution in [1.29, 1.82) is 0 Å². The van der Waals surface area contributed by atoms with Gasteiger partial charge in [0.15, 0.2) is 0 Å². The molecule has 2 unspecified atom stereocenters. The molecule has 5 heteroatoms. The monoisotopic (exact) mass is 310 g/mol. The molecule has 4 aliphatic rings. The molecule has 0 saturated carbocycles. The van der Waals surface area contributed by atoms with Crippen molar-refractivity contribution in [3.05, 3.63) is 0 Å². The lowest BCUT2D eigenvalue weighted by molar-refractivity contribution is 0.595. The molecular formula is C11H18S5.